The van der Waals surface area contributed by atoms with E-state index in [1.165, 1.54) is 11.9 Å². The number of carbonyl (C=O) groups is 1. The predicted molar refractivity (Wildman–Crippen MR) is 72.9 cm³/mol. The molecule has 9 heteroatoms. The van der Waals surface area contributed by atoms with Crippen molar-refractivity contribution in [2.75, 3.05) is 7.05 Å². The summed E-state index contributed by atoms with van der Waals surface area (Å²) >= 11 is 5.83. The summed E-state index contributed by atoms with van der Waals surface area (Å²) in [6, 6.07) is 2.79. The third-order valence-corrected chi connectivity index (χ3v) is 2.99. The average Bonchev–Trinajstić information content (AvgIpc) is 2.83. The molecule has 21 heavy (non-hydrogen) atoms. The Labute approximate surface area is 124 Å². The van der Waals surface area contributed by atoms with Crippen molar-refractivity contribution in [2.24, 2.45) is 0 Å². The Morgan fingerprint density at radius 1 is 1.52 bits per heavy atom. The van der Waals surface area contributed by atoms with Gasteiger partial charge in [0.05, 0.1) is 17.0 Å². The van der Waals surface area contributed by atoms with Gasteiger partial charge in [-0.3, -0.25) is 14.9 Å². The van der Waals surface area contributed by atoms with Gasteiger partial charge in [-0.1, -0.05) is 16.8 Å². The molecule has 0 bridgehead atoms. The van der Waals surface area contributed by atoms with Crippen LogP contribution in [0.15, 0.2) is 22.9 Å². The van der Waals surface area contributed by atoms with Crippen molar-refractivity contribution < 1.29 is 14.2 Å². The summed E-state index contributed by atoms with van der Waals surface area (Å²) in [7, 11) is 1.53. The van der Waals surface area contributed by atoms with Gasteiger partial charge in [0, 0.05) is 19.2 Å². The molecule has 0 fully saturated rings. The number of amides is 1. The number of rotatable bonds is 4. The summed E-state index contributed by atoms with van der Waals surface area (Å²) in [6.45, 7) is 1.93. The quantitative estimate of drug-likeness (QED) is 0.487. The van der Waals surface area contributed by atoms with E-state index in [1.54, 1.807) is 13.0 Å². The molecule has 110 valence electrons. The van der Waals surface area contributed by atoms with Crippen LogP contribution in [0, 0.1) is 17.0 Å². The lowest BCUT2D eigenvalue weighted by molar-refractivity contribution is -0.385. The molecule has 0 aromatic carbocycles. The van der Waals surface area contributed by atoms with Gasteiger partial charge in [-0.25, -0.2) is 4.98 Å². The Morgan fingerprint density at radius 3 is 2.81 bits per heavy atom. The maximum absolute atomic E-state index is 12.3. The van der Waals surface area contributed by atoms with Crippen molar-refractivity contribution in [1.82, 2.24) is 15.0 Å². The van der Waals surface area contributed by atoms with Gasteiger partial charge in [-0.2, -0.15) is 0 Å². The number of halogens is 1. The molecule has 8 nitrogen and oxygen atoms in total. The van der Waals surface area contributed by atoms with E-state index < -0.39 is 10.8 Å². The maximum atomic E-state index is 12.3. The molecule has 2 heterocycles. The van der Waals surface area contributed by atoms with Crippen molar-refractivity contribution in [3.05, 3.63) is 50.6 Å². The Balaban J connectivity index is 2.22. The zero-order valence-corrected chi connectivity index (χ0v) is 12.0. The van der Waals surface area contributed by atoms with Crippen LogP contribution in [-0.2, 0) is 6.54 Å². The van der Waals surface area contributed by atoms with Crippen LogP contribution in [0.2, 0.25) is 5.15 Å². The lowest BCUT2D eigenvalue weighted by Crippen LogP contribution is -2.26. The second-order valence-corrected chi connectivity index (χ2v) is 4.74. The fourth-order valence-corrected chi connectivity index (χ4v) is 1.88. The van der Waals surface area contributed by atoms with Crippen molar-refractivity contribution >= 4 is 23.2 Å². The Hall–Kier alpha value is -2.48. The topological polar surface area (TPSA) is 102 Å². The fraction of sp³-hybridized carbons (Fsp3) is 0.250. The largest absolute Gasteiger partial charge is 0.361 e. The summed E-state index contributed by atoms with van der Waals surface area (Å²) in [5.41, 5.74) is 0.236. The molecule has 1 amide bonds. The number of nitro groups is 1. The lowest BCUT2D eigenvalue weighted by atomic mass is 10.2. The smallest absolute Gasteiger partial charge is 0.288 e. The molecule has 0 radical (unpaired) electrons. The molecule has 0 spiro atoms. The summed E-state index contributed by atoms with van der Waals surface area (Å²) in [5.74, 6) is 0.137. The molecular formula is C12H11ClN4O4. The number of pyridine rings is 1. The van der Waals surface area contributed by atoms with Gasteiger partial charge in [0.1, 0.15) is 22.8 Å². The minimum absolute atomic E-state index is 0.0337. The molecule has 0 N–H and O–H groups in total. The van der Waals surface area contributed by atoms with Gasteiger partial charge in [-0.15, -0.1) is 0 Å². The minimum atomic E-state index is -0.638. The maximum Gasteiger partial charge on any atom is 0.288 e. The van der Waals surface area contributed by atoms with Gasteiger partial charge in [-0.05, 0) is 6.92 Å². The third-order valence-electron chi connectivity index (χ3n) is 2.69. The highest BCUT2D eigenvalue weighted by Crippen LogP contribution is 2.21. The number of hydrogen-bond donors (Lipinski definition) is 0. The zero-order valence-electron chi connectivity index (χ0n) is 11.2. The fourth-order valence-electron chi connectivity index (χ4n) is 1.70. The van der Waals surface area contributed by atoms with Crippen molar-refractivity contribution in [1.29, 1.82) is 0 Å². The summed E-state index contributed by atoms with van der Waals surface area (Å²) in [5, 5.41) is 14.4. The lowest BCUT2D eigenvalue weighted by Gasteiger charge is -2.15. The third kappa shape index (κ3) is 3.34. The first-order chi connectivity index (χ1) is 9.88. The summed E-state index contributed by atoms with van der Waals surface area (Å²) in [4.78, 5) is 27.3. The number of aromatic nitrogens is 2. The Bertz CT molecular complexity index is 700. The van der Waals surface area contributed by atoms with Gasteiger partial charge in [0.2, 0.25) is 0 Å². The SMILES string of the molecule is Cc1cc(CN(C)C(=O)c2cc([N+](=O)[O-])cnc2Cl)no1. The molecule has 0 saturated heterocycles. The van der Waals surface area contributed by atoms with Crippen LogP contribution in [0.1, 0.15) is 21.8 Å². The van der Waals surface area contributed by atoms with Crippen LogP contribution in [0.25, 0.3) is 0 Å². The molecule has 0 saturated carbocycles. The molecule has 0 aliphatic rings. The molecule has 0 aliphatic carbocycles. The first-order valence-electron chi connectivity index (χ1n) is 5.86. The summed E-state index contributed by atoms with van der Waals surface area (Å²) in [6.07, 6.45) is 1.00. The first kappa shape index (κ1) is 14.9. The van der Waals surface area contributed by atoms with Gasteiger partial charge >= 0.3 is 0 Å². The van der Waals surface area contributed by atoms with E-state index >= 15 is 0 Å². The number of nitrogens with zero attached hydrogens (tertiary/aromatic N) is 4. The highest BCUT2D eigenvalue weighted by atomic mass is 35.5. The van der Waals surface area contributed by atoms with Crippen LogP contribution in [0.5, 0.6) is 0 Å². The Morgan fingerprint density at radius 2 is 2.24 bits per heavy atom. The van der Waals surface area contributed by atoms with Gasteiger partial charge < -0.3 is 9.42 Å². The van der Waals surface area contributed by atoms with Crippen LogP contribution in [0.3, 0.4) is 0 Å². The van der Waals surface area contributed by atoms with Gasteiger partial charge in [0.25, 0.3) is 11.6 Å². The monoisotopic (exact) mass is 310 g/mol. The van der Waals surface area contributed by atoms with E-state index in [2.05, 4.69) is 10.1 Å². The van der Waals surface area contributed by atoms with Gasteiger partial charge in [0.15, 0.2) is 0 Å². The van der Waals surface area contributed by atoms with Crippen LogP contribution >= 0.6 is 11.6 Å². The van der Waals surface area contributed by atoms with E-state index in [0.29, 0.717) is 11.5 Å². The van der Waals surface area contributed by atoms with E-state index in [-0.39, 0.29) is 22.9 Å². The Kier molecular flexibility index (Phi) is 4.18. The highest BCUT2D eigenvalue weighted by Gasteiger charge is 2.21. The van der Waals surface area contributed by atoms with E-state index in [1.807, 2.05) is 0 Å². The molecule has 0 atom stereocenters. The van der Waals surface area contributed by atoms with E-state index in [9.17, 15) is 14.9 Å². The first-order valence-corrected chi connectivity index (χ1v) is 6.24. The molecular weight excluding hydrogens is 300 g/mol. The normalized spacial score (nSPS) is 10.4. The van der Waals surface area contributed by atoms with Crippen LogP contribution < -0.4 is 0 Å². The average molecular weight is 311 g/mol. The minimum Gasteiger partial charge on any atom is -0.361 e. The standard InChI is InChI=1S/C12H11ClN4O4/c1-7-3-8(15-21-7)6-16(2)12(18)10-4-9(17(19)20)5-14-11(10)13/h3-5H,6H2,1-2H3. The predicted octanol–water partition coefficient (Wildman–Crippen LogP) is 2.21. The molecule has 2 aromatic heterocycles. The molecule has 2 aromatic rings. The summed E-state index contributed by atoms with van der Waals surface area (Å²) < 4.78 is 4.91. The second-order valence-electron chi connectivity index (χ2n) is 4.38. The van der Waals surface area contributed by atoms with Crippen molar-refractivity contribution in [3.63, 3.8) is 0 Å². The van der Waals surface area contributed by atoms with Crippen LogP contribution in [0.4, 0.5) is 5.69 Å². The van der Waals surface area contributed by atoms with Crippen molar-refractivity contribution in [2.45, 2.75) is 13.5 Å². The number of aryl methyl sites for hydroxylation is 1. The zero-order chi connectivity index (χ0) is 15.6. The molecule has 0 unspecified atom stereocenters. The number of hydrogen-bond acceptors (Lipinski definition) is 6. The van der Waals surface area contributed by atoms with Crippen molar-refractivity contribution in [3.8, 4) is 0 Å². The van der Waals surface area contributed by atoms with E-state index in [4.69, 9.17) is 16.1 Å². The molecule has 2 rings (SSSR count). The van der Waals surface area contributed by atoms with Crippen LogP contribution in [-0.4, -0.2) is 32.9 Å². The molecule has 0 aliphatic heterocycles. The highest BCUT2D eigenvalue weighted by molar-refractivity contribution is 6.32. The second kappa shape index (κ2) is 5.88. The van der Waals surface area contributed by atoms with E-state index in [0.717, 1.165) is 12.3 Å². The number of carbonyl (C=O) groups excluding carboxylic acids is 1.